The van der Waals surface area contributed by atoms with Crippen LogP contribution in [0.2, 0.25) is 5.02 Å². The van der Waals surface area contributed by atoms with E-state index in [0.717, 1.165) is 38.4 Å². The predicted molar refractivity (Wildman–Crippen MR) is 116 cm³/mol. The lowest BCUT2D eigenvalue weighted by molar-refractivity contribution is -0.121. The zero-order valence-corrected chi connectivity index (χ0v) is 18.2. The maximum absolute atomic E-state index is 12.2. The number of hydrogen-bond donors (Lipinski definition) is 2. The predicted octanol–water partition coefficient (Wildman–Crippen LogP) is 2.16. The van der Waals surface area contributed by atoms with Gasteiger partial charge in [0.15, 0.2) is 0 Å². The molecule has 1 aliphatic rings. The summed E-state index contributed by atoms with van der Waals surface area (Å²) < 4.78 is 32.1. The van der Waals surface area contributed by atoms with Crippen molar-refractivity contribution in [2.24, 2.45) is 0 Å². The van der Waals surface area contributed by atoms with Crippen molar-refractivity contribution in [2.75, 3.05) is 32.8 Å². The van der Waals surface area contributed by atoms with Crippen molar-refractivity contribution in [2.45, 2.75) is 24.4 Å². The maximum atomic E-state index is 12.2. The summed E-state index contributed by atoms with van der Waals surface area (Å²) in [6.45, 7) is 4.76. The van der Waals surface area contributed by atoms with E-state index in [9.17, 15) is 13.2 Å². The van der Waals surface area contributed by atoms with Crippen LogP contribution >= 0.6 is 11.6 Å². The molecule has 162 valence electrons. The molecule has 0 saturated carbocycles. The van der Waals surface area contributed by atoms with E-state index < -0.39 is 10.0 Å². The Balaban J connectivity index is 1.38. The average molecular weight is 452 g/mol. The molecular formula is C21H26ClN3O4S. The highest BCUT2D eigenvalue weighted by Crippen LogP contribution is 2.14. The fourth-order valence-electron chi connectivity index (χ4n) is 3.07. The summed E-state index contributed by atoms with van der Waals surface area (Å²) in [7, 11) is -3.66. The monoisotopic (exact) mass is 451 g/mol. The van der Waals surface area contributed by atoms with Crippen LogP contribution < -0.4 is 10.0 Å². The molecule has 0 atom stereocenters. The van der Waals surface area contributed by atoms with Crippen molar-refractivity contribution in [1.29, 1.82) is 0 Å². The van der Waals surface area contributed by atoms with E-state index in [2.05, 4.69) is 27.1 Å². The Morgan fingerprint density at radius 2 is 1.63 bits per heavy atom. The molecule has 7 nitrogen and oxygen atoms in total. The van der Waals surface area contributed by atoms with Gasteiger partial charge in [0, 0.05) is 44.2 Å². The largest absolute Gasteiger partial charge is 0.379 e. The van der Waals surface area contributed by atoms with Gasteiger partial charge in [-0.3, -0.25) is 9.69 Å². The zero-order chi connectivity index (χ0) is 21.4. The summed E-state index contributed by atoms with van der Waals surface area (Å²) in [6.07, 6.45) is 0.0575. The van der Waals surface area contributed by atoms with Crippen LogP contribution in [0.4, 0.5) is 0 Å². The lowest BCUT2D eigenvalue weighted by atomic mass is 10.1. The number of halogens is 1. The summed E-state index contributed by atoms with van der Waals surface area (Å²) in [5.41, 5.74) is 2.22. The van der Waals surface area contributed by atoms with E-state index in [4.69, 9.17) is 16.3 Å². The van der Waals surface area contributed by atoms with Crippen LogP contribution in [0.3, 0.4) is 0 Å². The lowest BCUT2D eigenvalue weighted by Crippen LogP contribution is -2.35. The van der Waals surface area contributed by atoms with E-state index in [0.29, 0.717) is 11.6 Å². The summed E-state index contributed by atoms with van der Waals surface area (Å²) in [4.78, 5) is 14.5. The number of nitrogens with zero attached hydrogens (tertiary/aromatic N) is 1. The van der Waals surface area contributed by atoms with E-state index in [1.54, 1.807) is 0 Å². The molecule has 0 radical (unpaired) electrons. The molecule has 9 heteroatoms. The average Bonchev–Trinajstić information content (AvgIpc) is 2.74. The van der Waals surface area contributed by atoms with Crippen LogP contribution in [0.1, 0.15) is 17.5 Å². The van der Waals surface area contributed by atoms with Gasteiger partial charge in [0.25, 0.3) is 0 Å². The minimum atomic E-state index is -3.66. The van der Waals surface area contributed by atoms with E-state index in [1.807, 2.05) is 12.1 Å². The number of morpholine rings is 1. The molecule has 2 aromatic carbocycles. The molecule has 1 fully saturated rings. The summed E-state index contributed by atoms with van der Waals surface area (Å²) in [5, 5.41) is 3.28. The molecule has 0 aliphatic carbocycles. The highest BCUT2D eigenvalue weighted by atomic mass is 35.5. The van der Waals surface area contributed by atoms with E-state index in [-0.39, 0.29) is 23.8 Å². The third kappa shape index (κ3) is 7.07. The fraction of sp³-hybridized carbons (Fsp3) is 0.381. The molecule has 0 spiro atoms. The van der Waals surface area contributed by atoms with Gasteiger partial charge in [-0.05, 0) is 35.4 Å². The van der Waals surface area contributed by atoms with Gasteiger partial charge in [0.2, 0.25) is 15.9 Å². The van der Waals surface area contributed by atoms with Crippen molar-refractivity contribution >= 4 is 27.5 Å². The van der Waals surface area contributed by atoms with Crippen molar-refractivity contribution in [1.82, 2.24) is 14.9 Å². The van der Waals surface area contributed by atoms with Gasteiger partial charge in [-0.25, -0.2) is 13.1 Å². The highest BCUT2D eigenvalue weighted by molar-refractivity contribution is 7.89. The first-order chi connectivity index (χ1) is 14.4. The third-order valence-electron chi connectivity index (χ3n) is 4.79. The molecule has 3 rings (SSSR count). The Bertz CT molecular complexity index is 928. The Morgan fingerprint density at radius 3 is 2.30 bits per heavy atom. The van der Waals surface area contributed by atoms with Gasteiger partial charge in [-0.1, -0.05) is 35.9 Å². The smallest absolute Gasteiger partial charge is 0.240 e. The number of carbonyl (C=O) groups is 1. The molecule has 1 heterocycles. The van der Waals surface area contributed by atoms with Gasteiger partial charge in [0.05, 0.1) is 18.1 Å². The van der Waals surface area contributed by atoms with E-state index >= 15 is 0 Å². The van der Waals surface area contributed by atoms with Gasteiger partial charge < -0.3 is 10.1 Å². The third-order valence-corrected chi connectivity index (χ3v) is 6.52. The normalized spacial score (nSPS) is 15.1. The Morgan fingerprint density at radius 1 is 1.00 bits per heavy atom. The van der Waals surface area contributed by atoms with E-state index in [1.165, 1.54) is 29.8 Å². The zero-order valence-electron chi connectivity index (χ0n) is 16.6. The number of hydrogen-bond acceptors (Lipinski definition) is 5. The van der Waals surface area contributed by atoms with Gasteiger partial charge >= 0.3 is 0 Å². The lowest BCUT2D eigenvalue weighted by Gasteiger charge is -2.26. The number of nitrogens with one attached hydrogen (secondary N) is 2. The molecule has 2 N–H and O–H groups in total. The molecule has 0 unspecified atom stereocenters. The van der Waals surface area contributed by atoms with Gasteiger partial charge in [-0.2, -0.15) is 0 Å². The number of benzene rings is 2. The summed E-state index contributed by atoms with van der Waals surface area (Å²) in [5.74, 6) is -0.216. The van der Waals surface area contributed by atoms with Crippen molar-refractivity contribution < 1.29 is 17.9 Å². The van der Waals surface area contributed by atoms with Crippen LogP contribution in [-0.4, -0.2) is 52.1 Å². The molecule has 2 aromatic rings. The van der Waals surface area contributed by atoms with Crippen molar-refractivity contribution in [3.8, 4) is 0 Å². The number of amides is 1. The topological polar surface area (TPSA) is 87.7 Å². The second-order valence-electron chi connectivity index (χ2n) is 7.08. The molecule has 0 aromatic heterocycles. The fourth-order valence-corrected chi connectivity index (χ4v) is 4.22. The van der Waals surface area contributed by atoms with Gasteiger partial charge in [0.1, 0.15) is 0 Å². The molecular weight excluding hydrogens is 426 g/mol. The second kappa shape index (κ2) is 10.9. The number of ether oxygens (including phenoxy) is 1. The second-order valence-corrected chi connectivity index (χ2v) is 9.29. The van der Waals surface area contributed by atoms with Crippen LogP contribution in [0.25, 0.3) is 0 Å². The number of carbonyl (C=O) groups excluding carboxylic acids is 1. The first-order valence-electron chi connectivity index (χ1n) is 9.82. The first-order valence-corrected chi connectivity index (χ1v) is 11.7. The Labute approximate surface area is 182 Å². The van der Waals surface area contributed by atoms with Crippen LogP contribution in [-0.2, 0) is 32.6 Å². The highest BCUT2D eigenvalue weighted by Gasteiger charge is 2.14. The van der Waals surface area contributed by atoms with Crippen LogP contribution in [0.15, 0.2) is 53.4 Å². The van der Waals surface area contributed by atoms with Crippen LogP contribution in [0, 0.1) is 0 Å². The summed E-state index contributed by atoms with van der Waals surface area (Å²) >= 11 is 5.77. The standard InChI is InChI=1S/C21H26ClN3O4S/c22-19-5-7-20(8-6-19)30(27,28)24-10-9-21(26)23-15-17-1-3-18(4-2-17)16-25-11-13-29-14-12-25/h1-8,24H,9-16H2,(H,23,26). The summed E-state index contributed by atoms with van der Waals surface area (Å²) in [6, 6.07) is 14.0. The molecule has 30 heavy (non-hydrogen) atoms. The number of rotatable bonds is 9. The maximum Gasteiger partial charge on any atom is 0.240 e. The minimum absolute atomic E-state index is 0.0231. The quantitative estimate of drug-likeness (QED) is 0.610. The Hall–Kier alpha value is -1.97. The van der Waals surface area contributed by atoms with Gasteiger partial charge in [-0.15, -0.1) is 0 Å². The van der Waals surface area contributed by atoms with Crippen molar-refractivity contribution in [3.63, 3.8) is 0 Å². The SMILES string of the molecule is O=C(CCNS(=O)(=O)c1ccc(Cl)cc1)NCc1ccc(CN2CCOCC2)cc1. The van der Waals surface area contributed by atoms with Crippen molar-refractivity contribution in [3.05, 3.63) is 64.7 Å². The first kappa shape index (κ1) is 22.7. The molecule has 0 bridgehead atoms. The molecule has 1 amide bonds. The molecule has 1 saturated heterocycles. The minimum Gasteiger partial charge on any atom is -0.379 e. The van der Waals surface area contributed by atoms with Crippen LogP contribution in [0.5, 0.6) is 0 Å². The number of sulfonamides is 1. The molecule has 1 aliphatic heterocycles. The Kier molecular flexibility index (Phi) is 8.24.